The molecule has 1 aromatic rings. The number of hydrogen-bond acceptors (Lipinski definition) is 4. The van der Waals surface area contributed by atoms with Crippen LogP contribution in [0, 0.1) is 0 Å². The average molecular weight is 329 g/mol. The minimum Gasteiger partial charge on any atom is -0.497 e. The molecule has 2 rings (SSSR count). The quantitative estimate of drug-likeness (QED) is 0.867. The van der Waals surface area contributed by atoms with Crippen molar-refractivity contribution < 1.29 is 14.3 Å². The SMILES string of the molecule is COc1ccc(OC)c(CC(=O)NC2CCC(N)CC2)c1.Cl. The van der Waals surface area contributed by atoms with Gasteiger partial charge in [-0.05, 0) is 43.9 Å². The number of nitrogens with two attached hydrogens (primary N) is 1. The molecule has 1 aliphatic carbocycles. The summed E-state index contributed by atoms with van der Waals surface area (Å²) in [4.78, 5) is 12.2. The molecule has 5 nitrogen and oxygen atoms in total. The number of rotatable bonds is 5. The van der Waals surface area contributed by atoms with Gasteiger partial charge in [0.05, 0.1) is 20.6 Å². The van der Waals surface area contributed by atoms with Gasteiger partial charge in [0.25, 0.3) is 0 Å². The van der Waals surface area contributed by atoms with E-state index in [1.54, 1.807) is 14.2 Å². The van der Waals surface area contributed by atoms with Crippen molar-refractivity contribution in [2.75, 3.05) is 14.2 Å². The highest BCUT2D eigenvalue weighted by atomic mass is 35.5. The van der Waals surface area contributed by atoms with Crippen molar-refractivity contribution in [3.63, 3.8) is 0 Å². The Bertz CT molecular complexity index is 488. The van der Waals surface area contributed by atoms with Gasteiger partial charge in [0.15, 0.2) is 0 Å². The van der Waals surface area contributed by atoms with E-state index in [1.807, 2.05) is 18.2 Å². The molecule has 1 fully saturated rings. The van der Waals surface area contributed by atoms with Gasteiger partial charge in [-0.1, -0.05) is 0 Å². The first kappa shape index (κ1) is 18.6. The molecule has 0 saturated heterocycles. The Balaban J connectivity index is 0.00000242. The molecule has 1 saturated carbocycles. The predicted octanol–water partition coefficient (Wildman–Crippen LogP) is 2.05. The maximum Gasteiger partial charge on any atom is 0.224 e. The molecule has 1 aliphatic rings. The third-order valence-electron chi connectivity index (χ3n) is 3.98. The van der Waals surface area contributed by atoms with Crippen LogP contribution >= 0.6 is 12.4 Å². The largest absolute Gasteiger partial charge is 0.497 e. The topological polar surface area (TPSA) is 73.6 Å². The molecule has 0 aromatic heterocycles. The van der Waals surface area contributed by atoms with Crippen LogP contribution in [0.3, 0.4) is 0 Å². The van der Waals surface area contributed by atoms with Gasteiger partial charge in [0.2, 0.25) is 5.91 Å². The molecular formula is C16H25ClN2O3. The number of halogens is 1. The van der Waals surface area contributed by atoms with Crippen LogP contribution in [0.5, 0.6) is 11.5 Å². The Hall–Kier alpha value is -1.46. The van der Waals surface area contributed by atoms with E-state index in [1.165, 1.54) is 0 Å². The minimum absolute atomic E-state index is 0. The molecule has 0 spiro atoms. The summed E-state index contributed by atoms with van der Waals surface area (Å²) in [6.07, 6.45) is 4.17. The summed E-state index contributed by atoms with van der Waals surface area (Å²) in [6.45, 7) is 0. The fourth-order valence-corrected chi connectivity index (χ4v) is 2.74. The summed E-state index contributed by atoms with van der Waals surface area (Å²) in [6, 6.07) is 6.02. The van der Waals surface area contributed by atoms with Crippen LogP contribution in [-0.2, 0) is 11.2 Å². The lowest BCUT2D eigenvalue weighted by Crippen LogP contribution is -2.41. The van der Waals surface area contributed by atoms with E-state index in [-0.39, 0.29) is 30.4 Å². The summed E-state index contributed by atoms with van der Waals surface area (Å²) >= 11 is 0. The van der Waals surface area contributed by atoms with Crippen molar-refractivity contribution in [1.82, 2.24) is 5.32 Å². The third kappa shape index (κ3) is 5.07. The monoisotopic (exact) mass is 328 g/mol. The maximum absolute atomic E-state index is 12.2. The second-order valence-corrected chi connectivity index (χ2v) is 5.53. The number of methoxy groups -OCH3 is 2. The van der Waals surface area contributed by atoms with Crippen molar-refractivity contribution in [2.45, 2.75) is 44.2 Å². The lowest BCUT2D eigenvalue weighted by atomic mass is 9.91. The Morgan fingerprint density at radius 1 is 1.23 bits per heavy atom. The number of amides is 1. The van der Waals surface area contributed by atoms with E-state index in [0.29, 0.717) is 12.2 Å². The fraction of sp³-hybridized carbons (Fsp3) is 0.562. The summed E-state index contributed by atoms with van der Waals surface area (Å²) < 4.78 is 10.5. The molecule has 0 heterocycles. The molecule has 0 radical (unpaired) electrons. The molecule has 0 unspecified atom stereocenters. The van der Waals surface area contributed by atoms with Gasteiger partial charge in [-0.15, -0.1) is 12.4 Å². The van der Waals surface area contributed by atoms with Crippen LogP contribution in [0.4, 0.5) is 0 Å². The fourth-order valence-electron chi connectivity index (χ4n) is 2.74. The highest BCUT2D eigenvalue weighted by Gasteiger charge is 2.20. The molecular weight excluding hydrogens is 304 g/mol. The smallest absolute Gasteiger partial charge is 0.224 e. The predicted molar refractivity (Wildman–Crippen MR) is 88.9 cm³/mol. The standard InChI is InChI=1S/C16H24N2O3.ClH/c1-20-14-7-8-15(21-2)11(9-14)10-16(19)18-13-5-3-12(17)4-6-13;/h7-9,12-13H,3-6,10,17H2,1-2H3,(H,18,19);1H. The van der Waals surface area contributed by atoms with Gasteiger partial charge in [-0.2, -0.15) is 0 Å². The van der Waals surface area contributed by atoms with Crippen LogP contribution in [0.2, 0.25) is 0 Å². The molecule has 0 atom stereocenters. The molecule has 6 heteroatoms. The van der Waals surface area contributed by atoms with E-state index in [0.717, 1.165) is 37.0 Å². The Labute approximate surface area is 138 Å². The maximum atomic E-state index is 12.2. The number of carbonyl (C=O) groups excluding carboxylic acids is 1. The zero-order valence-electron chi connectivity index (χ0n) is 13.1. The van der Waals surface area contributed by atoms with E-state index < -0.39 is 0 Å². The highest BCUT2D eigenvalue weighted by Crippen LogP contribution is 2.24. The van der Waals surface area contributed by atoms with Crippen LogP contribution in [0.15, 0.2) is 18.2 Å². The summed E-state index contributed by atoms with van der Waals surface area (Å²) in [5.74, 6) is 1.45. The number of nitrogens with one attached hydrogen (secondary N) is 1. The van der Waals surface area contributed by atoms with Gasteiger partial charge in [0, 0.05) is 17.6 Å². The molecule has 0 aliphatic heterocycles. The summed E-state index contributed by atoms with van der Waals surface area (Å²) in [5, 5.41) is 3.09. The molecule has 1 amide bonds. The van der Waals surface area contributed by atoms with Crippen LogP contribution < -0.4 is 20.5 Å². The Morgan fingerprint density at radius 2 is 1.91 bits per heavy atom. The van der Waals surface area contributed by atoms with Crippen LogP contribution in [0.25, 0.3) is 0 Å². The van der Waals surface area contributed by atoms with E-state index in [9.17, 15) is 4.79 Å². The number of benzene rings is 1. The van der Waals surface area contributed by atoms with E-state index >= 15 is 0 Å². The second kappa shape index (κ2) is 8.86. The summed E-state index contributed by atoms with van der Waals surface area (Å²) in [7, 11) is 3.21. The first-order valence-corrected chi connectivity index (χ1v) is 7.38. The normalized spacial score (nSPS) is 20.7. The lowest BCUT2D eigenvalue weighted by Gasteiger charge is -2.26. The van der Waals surface area contributed by atoms with Crippen LogP contribution in [-0.4, -0.2) is 32.2 Å². The van der Waals surface area contributed by atoms with E-state index in [2.05, 4.69) is 5.32 Å². The Morgan fingerprint density at radius 3 is 2.50 bits per heavy atom. The molecule has 1 aromatic carbocycles. The molecule has 124 valence electrons. The van der Waals surface area contributed by atoms with Crippen molar-refractivity contribution in [1.29, 1.82) is 0 Å². The summed E-state index contributed by atoms with van der Waals surface area (Å²) in [5.41, 5.74) is 6.71. The van der Waals surface area contributed by atoms with Crippen molar-refractivity contribution >= 4 is 18.3 Å². The second-order valence-electron chi connectivity index (χ2n) is 5.53. The van der Waals surface area contributed by atoms with Gasteiger partial charge < -0.3 is 20.5 Å². The lowest BCUT2D eigenvalue weighted by molar-refractivity contribution is -0.121. The van der Waals surface area contributed by atoms with Crippen LogP contribution in [0.1, 0.15) is 31.2 Å². The van der Waals surface area contributed by atoms with Crippen molar-refractivity contribution in [3.05, 3.63) is 23.8 Å². The highest BCUT2D eigenvalue weighted by molar-refractivity contribution is 5.85. The van der Waals surface area contributed by atoms with Gasteiger partial charge in [-0.3, -0.25) is 4.79 Å². The van der Waals surface area contributed by atoms with E-state index in [4.69, 9.17) is 15.2 Å². The number of carbonyl (C=O) groups is 1. The molecule has 3 N–H and O–H groups in total. The minimum atomic E-state index is 0. The molecule has 22 heavy (non-hydrogen) atoms. The van der Waals surface area contributed by atoms with Gasteiger partial charge in [0.1, 0.15) is 11.5 Å². The van der Waals surface area contributed by atoms with Crippen molar-refractivity contribution in [2.24, 2.45) is 5.73 Å². The first-order chi connectivity index (χ1) is 10.1. The number of ether oxygens (including phenoxy) is 2. The third-order valence-corrected chi connectivity index (χ3v) is 3.98. The Kier molecular flexibility index (Phi) is 7.48. The van der Waals surface area contributed by atoms with Gasteiger partial charge >= 0.3 is 0 Å². The number of hydrogen-bond donors (Lipinski definition) is 2. The zero-order chi connectivity index (χ0) is 15.2. The first-order valence-electron chi connectivity index (χ1n) is 7.38. The zero-order valence-corrected chi connectivity index (χ0v) is 13.9. The van der Waals surface area contributed by atoms with Crippen molar-refractivity contribution in [3.8, 4) is 11.5 Å². The van der Waals surface area contributed by atoms with Gasteiger partial charge in [-0.25, -0.2) is 0 Å². The average Bonchev–Trinajstić information content (AvgIpc) is 2.49. The molecule has 0 bridgehead atoms.